The fourth-order valence-electron chi connectivity index (χ4n) is 2.45. The summed E-state index contributed by atoms with van der Waals surface area (Å²) in [6, 6.07) is 9.83. The minimum atomic E-state index is 0.470. The summed E-state index contributed by atoms with van der Waals surface area (Å²) in [7, 11) is 0. The Kier molecular flexibility index (Phi) is 3.93. The molecule has 1 fully saturated rings. The maximum Gasteiger partial charge on any atom is 0.0297 e. The fourth-order valence-corrected chi connectivity index (χ4v) is 3.61. The lowest BCUT2D eigenvalue weighted by Gasteiger charge is -2.20. The van der Waals surface area contributed by atoms with Crippen LogP contribution in [-0.4, -0.2) is 17.0 Å². The quantitative estimate of drug-likeness (QED) is 0.860. The number of hydrogen-bond donors (Lipinski definition) is 1. The number of hydrogen-bond acceptors (Lipinski definition) is 2. The van der Waals surface area contributed by atoms with Crippen molar-refractivity contribution in [2.24, 2.45) is 0 Å². The van der Waals surface area contributed by atoms with Crippen LogP contribution in [0.5, 0.6) is 0 Å². The van der Waals surface area contributed by atoms with Crippen molar-refractivity contribution < 1.29 is 0 Å². The summed E-state index contributed by atoms with van der Waals surface area (Å²) >= 11 is 2.08. The van der Waals surface area contributed by atoms with E-state index in [9.17, 15) is 0 Å². The Labute approximate surface area is 103 Å². The van der Waals surface area contributed by atoms with Gasteiger partial charge in [-0.1, -0.05) is 31.2 Å². The van der Waals surface area contributed by atoms with Crippen molar-refractivity contribution >= 4 is 11.8 Å². The van der Waals surface area contributed by atoms with Crippen LogP contribution in [-0.2, 0) is 0 Å². The van der Waals surface area contributed by atoms with Crippen molar-refractivity contribution in [3.05, 3.63) is 35.4 Å². The fraction of sp³-hybridized carbons (Fsp3) is 0.571. The minimum absolute atomic E-state index is 0.470. The topological polar surface area (TPSA) is 12.0 Å². The largest absolute Gasteiger partial charge is 0.307 e. The lowest BCUT2D eigenvalue weighted by atomic mass is 10.0. The Bertz CT molecular complexity index is 350. The van der Waals surface area contributed by atoms with Gasteiger partial charge in [-0.15, -0.1) is 0 Å². The second-order valence-electron chi connectivity index (χ2n) is 4.82. The van der Waals surface area contributed by atoms with E-state index in [0.29, 0.717) is 12.1 Å². The smallest absolute Gasteiger partial charge is 0.0297 e. The average Bonchev–Trinajstić information content (AvgIpc) is 2.64. The first kappa shape index (κ1) is 12.0. The van der Waals surface area contributed by atoms with E-state index in [0.717, 1.165) is 5.25 Å². The Morgan fingerprint density at radius 1 is 1.38 bits per heavy atom. The lowest BCUT2D eigenvalue weighted by molar-refractivity contribution is 0.473. The van der Waals surface area contributed by atoms with Gasteiger partial charge in [0.15, 0.2) is 0 Å². The standard InChI is InChI=1S/C14H21NS/c1-10-6-4-5-7-14(10)12(3)15-13-8-11(2)16-9-13/h4-7,11-13,15H,8-9H2,1-3H3/t11?,12-,13?/m0/s1. The third kappa shape index (κ3) is 2.80. The summed E-state index contributed by atoms with van der Waals surface area (Å²) in [5, 5.41) is 4.57. The highest BCUT2D eigenvalue weighted by atomic mass is 32.2. The number of rotatable bonds is 3. The molecule has 88 valence electrons. The van der Waals surface area contributed by atoms with Crippen LogP contribution in [0.1, 0.15) is 37.4 Å². The first-order valence-corrected chi connectivity index (χ1v) is 7.15. The van der Waals surface area contributed by atoms with Gasteiger partial charge in [0.2, 0.25) is 0 Å². The predicted molar refractivity (Wildman–Crippen MR) is 73.1 cm³/mol. The SMILES string of the molecule is Cc1ccccc1[C@H](C)NC1CSC(C)C1. The second kappa shape index (κ2) is 5.24. The van der Waals surface area contributed by atoms with E-state index >= 15 is 0 Å². The molecule has 1 saturated heterocycles. The van der Waals surface area contributed by atoms with E-state index in [1.165, 1.54) is 23.3 Å². The monoisotopic (exact) mass is 235 g/mol. The number of thioether (sulfide) groups is 1. The molecular formula is C14H21NS. The molecule has 1 aliphatic heterocycles. The van der Waals surface area contributed by atoms with Crippen LogP contribution >= 0.6 is 11.8 Å². The molecule has 0 saturated carbocycles. The molecule has 1 heterocycles. The van der Waals surface area contributed by atoms with Gasteiger partial charge in [0.05, 0.1) is 0 Å². The van der Waals surface area contributed by atoms with E-state index < -0.39 is 0 Å². The molecule has 2 heteroatoms. The van der Waals surface area contributed by atoms with Gasteiger partial charge in [-0.3, -0.25) is 0 Å². The van der Waals surface area contributed by atoms with Gasteiger partial charge in [0.25, 0.3) is 0 Å². The van der Waals surface area contributed by atoms with E-state index in [1.54, 1.807) is 0 Å². The van der Waals surface area contributed by atoms with Crippen LogP contribution in [0.15, 0.2) is 24.3 Å². The molecule has 1 nitrogen and oxygen atoms in total. The third-order valence-electron chi connectivity index (χ3n) is 3.34. The van der Waals surface area contributed by atoms with Crippen molar-refractivity contribution in [1.29, 1.82) is 0 Å². The Hall–Kier alpha value is -0.470. The molecule has 1 aromatic carbocycles. The molecule has 0 bridgehead atoms. The van der Waals surface area contributed by atoms with Gasteiger partial charge in [0.1, 0.15) is 0 Å². The van der Waals surface area contributed by atoms with Crippen molar-refractivity contribution in [2.75, 3.05) is 5.75 Å². The summed E-state index contributed by atoms with van der Waals surface area (Å²) < 4.78 is 0. The molecule has 0 spiro atoms. The van der Waals surface area contributed by atoms with Crippen molar-refractivity contribution in [3.8, 4) is 0 Å². The van der Waals surface area contributed by atoms with E-state index in [-0.39, 0.29) is 0 Å². The molecule has 0 amide bonds. The minimum Gasteiger partial charge on any atom is -0.307 e. The molecule has 1 aromatic rings. The van der Waals surface area contributed by atoms with Gasteiger partial charge >= 0.3 is 0 Å². The lowest BCUT2D eigenvalue weighted by Crippen LogP contribution is -2.31. The van der Waals surface area contributed by atoms with Gasteiger partial charge < -0.3 is 5.32 Å². The van der Waals surface area contributed by atoms with Crippen LogP contribution in [0, 0.1) is 6.92 Å². The van der Waals surface area contributed by atoms with E-state index in [4.69, 9.17) is 0 Å². The van der Waals surface area contributed by atoms with Gasteiger partial charge in [-0.05, 0) is 31.4 Å². The van der Waals surface area contributed by atoms with E-state index in [2.05, 4.69) is 62.1 Å². The molecule has 3 atom stereocenters. The highest BCUT2D eigenvalue weighted by molar-refractivity contribution is 8.00. The van der Waals surface area contributed by atoms with E-state index in [1.807, 2.05) is 0 Å². The summed E-state index contributed by atoms with van der Waals surface area (Å²) in [6.45, 7) is 6.79. The van der Waals surface area contributed by atoms with Crippen molar-refractivity contribution in [1.82, 2.24) is 5.32 Å². The van der Waals surface area contributed by atoms with Crippen molar-refractivity contribution in [3.63, 3.8) is 0 Å². The van der Waals surface area contributed by atoms with Crippen LogP contribution in [0.3, 0.4) is 0 Å². The maximum atomic E-state index is 3.75. The Morgan fingerprint density at radius 2 is 2.12 bits per heavy atom. The summed E-state index contributed by atoms with van der Waals surface area (Å²) in [5.74, 6) is 1.26. The Morgan fingerprint density at radius 3 is 2.75 bits per heavy atom. The molecule has 16 heavy (non-hydrogen) atoms. The van der Waals surface area contributed by atoms with Gasteiger partial charge in [-0.25, -0.2) is 0 Å². The zero-order chi connectivity index (χ0) is 11.5. The summed E-state index contributed by atoms with van der Waals surface area (Å²) in [5.41, 5.74) is 2.83. The molecular weight excluding hydrogens is 214 g/mol. The highest BCUT2D eigenvalue weighted by Crippen LogP contribution is 2.28. The highest BCUT2D eigenvalue weighted by Gasteiger charge is 2.23. The normalized spacial score (nSPS) is 26.9. The van der Waals surface area contributed by atoms with Crippen LogP contribution in [0.4, 0.5) is 0 Å². The van der Waals surface area contributed by atoms with Gasteiger partial charge in [-0.2, -0.15) is 11.8 Å². The number of aryl methyl sites for hydroxylation is 1. The zero-order valence-electron chi connectivity index (χ0n) is 10.4. The van der Waals surface area contributed by atoms with Gasteiger partial charge in [0, 0.05) is 23.1 Å². The number of nitrogens with one attached hydrogen (secondary N) is 1. The maximum absolute atomic E-state index is 3.75. The van der Waals surface area contributed by atoms with Crippen LogP contribution in [0.2, 0.25) is 0 Å². The zero-order valence-corrected chi connectivity index (χ0v) is 11.2. The molecule has 0 aromatic heterocycles. The molecule has 1 N–H and O–H groups in total. The summed E-state index contributed by atoms with van der Waals surface area (Å²) in [6.07, 6.45) is 1.31. The Balaban J connectivity index is 1.98. The molecule has 0 aliphatic carbocycles. The summed E-state index contributed by atoms with van der Waals surface area (Å²) in [4.78, 5) is 0. The second-order valence-corrected chi connectivity index (χ2v) is 6.29. The first-order chi connectivity index (χ1) is 7.66. The van der Waals surface area contributed by atoms with Crippen LogP contribution < -0.4 is 5.32 Å². The predicted octanol–water partition coefficient (Wildman–Crippen LogP) is 3.54. The molecule has 0 radical (unpaired) electrons. The average molecular weight is 235 g/mol. The molecule has 2 rings (SSSR count). The van der Waals surface area contributed by atoms with Crippen LogP contribution in [0.25, 0.3) is 0 Å². The third-order valence-corrected chi connectivity index (χ3v) is 4.70. The molecule has 2 unspecified atom stereocenters. The number of benzene rings is 1. The van der Waals surface area contributed by atoms with Crippen molar-refractivity contribution in [2.45, 2.75) is 44.5 Å². The molecule has 1 aliphatic rings. The first-order valence-electron chi connectivity index (χ1n) is 6.10.